The lowest BCUT2D eigenvalue weighted by atomic mass is 10.2. The lowest BCUT2D eigenvalue weighted by Gasteiger charge is -2.00. The van der Waals surface area contributed by atoms with Gasteiger partial charge in [-0.25, -0.2) is 4.79 Å². The summed E-state index contributed by atoms with van der Waals surface area (Å²) in [6.45, 7) is 3.29. The standard InChI is InChI=1S/C5H4O4Si2/c1-3(5(7)9-11)2-4(6)8-10/h1-2H2. The Hall–Kier alpha value is -0.886. The molecule has 0 fully saturated rings. The quantitative estimate of drug-likeness (QED) is 0.425. The lowest BCUT2D eigenvalue weighted by Crippen LogP contribution is -2.10. The highest BCUT2D eigenvalue weighted by Gasteiger charge is 2.10. The van der Waals surface area contributed by atoms with Crippen molar-refractivity contribution < 1.29 is 18.4 Å². The van der Waals surface area contributed by atoms with E-state index in [0.717, 1.165) is 0 Å². The third kappa shape index (κ3) is 3.73. The monoisotopic (exact) mass is 184 g/mol. The molecule has 0 aliphatic heterocycles. The second-order valence-electron chi connectivity index (χ2n) is 1.64. The molecule has 0 aliphatic carbocycles. The molecule has 0 heterocycles. The van der Waals surface area contributed by atoms with Crippen LogP contribution < -0.4 is 0 Å². The van der Waals surface area contributed by atoms with E-state index in [1.165, 1.54) is 0 Å². The fraction of sp³-hybridized carbons (Fsp3) is 0.200. The molecule has 0 saturated carbocycles. The number of hydrogen-bond acceptors (Lipinski definition) is 4. The molecule has 0 N–H and O–H groups in total. The first-order valence-electron chi connectivity index (χ1n) is 2.54. The van der Waals surface area contributed by atoms with Crippen LogP contribution in [-0.4, -0.2) is 32.9 Å². The van der Waals surface area contributed by atoms with Crippen LogP contribution in [0.5, 0.6) is 0 Å². The Bertz CT molecular complexity index is 189. The topological polar surface area (TPSA) is 52.6 Å². The van der Waals surface area contributed by atoms with E-state index >= 15 is 0 Å². The van der Waals surface area contributed by atoms with Crippen LogP contribution in [0.25, 0.3) is 0 Å². The molecule has 0 aromatic rings. The highest BCUT2D eigenvalue weighted by Crippen LogP contribution is 2.00. The van der Waals surface area contributed by atoms with E-state index in [-0.39, 0.29) is 12.0 Å². The average molecular weight is 184 g/mol. The van der Waals surface area contributed by atoms with E-state index in [1.54, 1.807) is 0 Å². The predicted octanol–water partition coefficient (Wildman–Crippen LogP) is -0.814. The minimum atomic E-state index is -0.696. The van der Waals surface area contributed by atoms with E-state index < -0.39 is 11.9 Å². The average Bonchev–Trinajstić information content (AvgIpc) is 2.02. The van der Waals surface area contributed by atoms with Crippen LogP contribution >= 0.6 is 0 Å². The van der Waals surface area contributed by atoms with Gasteiger partial charge in [-0.1, -0.05) is 6.58 Å². The largest absolute Gasteiger partial charge is 0.516 e. The summed E-state index contributed by atoms with van der Waals surface area (Å²) < 4.78 is 8.20. The van der Waals surface area contributed by atoms with Gasteiger partial charge in [-0.05, 0) is 0 Å². The van der Waals surface area contributed by atoms with Gasteiger partial charge in [0.2, 0.25) is 0 Å². The summed E-state index contributed by atoms with van der Waals surface area (Å²) in [6.07, 6.45) is -0.202. The molecule has 0 bridgehead atoms. The summed E-state index contributed by atoms with van der Waals surface area (Å²) in [7, 11) is 5.00. The second-order valence-corrected chi connectivity index (χ2v) is 2.05. The van der Waals surface area contributed by atoms with Gasteiger partial charge in [-0.2, -0.15) is 0 Å². The van der Waals surface area contributed by atoms with Crippen molar-refractivity contribution in [1.29, 1.82) is 0 Å². The van der Waals surface area contributed by atoms with E-state index in [1.807, 2.05) is 0 Å². The summed E-state index contributed by atoms with van der Waals surface area (Å²) in [4.78, 5) is 21.1. The third-order valence-corrected chi connectivity index (χ3v) is 1.27. The van der Waals surface area contributed by atoms with Gasteiger partial charge in [-0.3, -0.25) is 4.79 Å². The molecule has 56 valence electrons. The van der Waals surface area contributed by atoms with Gasteiger partial charge in [0.25, 0.3) is 5.97 Å². The zero-order chi connectivity index (χ0) is 8.85. The summed E-state index contributed by atoms with van der Waals surface area (Å²) >= 11 is 0. The van der Waals surface area contributed by atoms with Crippen molar-refractivity contribution in [3.63, 3.8) is 0 Å². The number of rotatable bonds is 3. The molecule has 0 unspecified atom stereocenters. The maximum absolute atomic E-state index is 10.6. The summed E-state index contributed by atoms with van der Waals surface area (Å²) in [5.74, 6) is -1.30. The Morgan fingerprint density at radius 1 is 1.27 bits per heavy atom. The van der Waals surface area contributed by atoms with Crippen molar-refractivity contribution in [2.24, 2.45) is 0 Å². The van der Waals surface area contributed by atoms with Gasteiger partial charge in [0.05, 0.1) is 6.42 Å². The van der Waals surface area contributed by atoms with E-state index in [2.05, 4.69) is 36.4 Å². The minimum absolute atomic E-state index is 0.0169. The molecule has 0 spiro atoms. The third-order valence-electron chi connectivity index (χ3n) is 0.853. The van der Waals surface area contributed by atoms with Gasteiger partial charge < -0.3 is 8.85 Å². The maximum Gasteiger partial charge on any atom is 0.345 e. The van der Waals surface area contributed by atoms with Crippen LogP contribution in [0.3, 0.4) is 0 Å². The predicted molar refractivity (Wildman–Crippen MR) is 37.4 cm³/mol. The molecular formula is C5H4O4Si2. The van der Waals surface area contributed by atoms with E-state index in [0.29, 0.717) is 0 Å². The van der Waals surface area contributed by atoms with Crippen molar-refractivity contribution in [3.05, 3.63) is 12.2 Å². The number of hydrogen-bond donors (Lipinski definition) is 0. The Labute approximate surface area is 70.6 Å². The highest BCUT2D eigenvalue weighted by atomic mass is 28.2. The molecule has 6 radical (unpaired) electrons. The Morgan fingerprint density at radius 3 is 2.18 bits per heavy atom. The second kappa shape index (κ2) is 4.86. The molecule has 0 rings (SSSR count). The molecular weight excluding hydrogens is 180 g/mol. The maximum atomic E-state index is 10.6. The molecule has 6 heteroatoms. The van der Waals surface area contributed by atoms with Gasteiger partial charge in [-0.15, -0.1) is 0 Å². The fourth-order valence-corrected chi connectivity index (χ4v) is 0.571. The first-order valence-corrected chi connectivity index (χ1v) is 3.35. The normalized spacial score (nSPS) is 8.55. The van der Waals surface area contributed by atoms with Crippen LogP contribution in [0, 0.1) is 0 Å². The molecule has 11 heavy (non-hydrogen) atoms. The smallest absolute Gasteiger partial charge is 0.345 e. The Balaban J connectivity index is 3.88. The number of carbonyl (C=O) groups is 2. The van der Waals surface area contributed by atoms with Crippen LogP contribution in [0.15, 0.2) is 12.2 Å². The molecule has 0 atom stereocenters. The molecule has 0 aliphatic rings. The van der Waals surface area contributed by atoms with Crippen molar-refractivity contribution in [3.8, 4) is 0 Å². The van der Waals surface area contributed by atoms with Gasteiger partial charge in [0, 0.05) is 5.57 Å². The first-order chi connectivity index (χ1) is 5.11. The van der Waals surface area contributed by atoms with Crippen LogP contribution in [0.2, 0.25) is 0 Å². The van der Waals surface area contributed by atoms with Crippen LogP contribution in [-0.2, 0) is 18.4 Å². The van der Waals surface area contributed by atoms with E-state index in [9.17, 15) is 9.59 Å². The van der Waals surface area contributed by atoms with Crippen molar-refractivity contribution in [1.82, 2.24) is 0 Å². The molecule has 0 amide bonds. The fourth-order valence-electron chi connectivity index (χ4n) is 0.355. The summed E-state index contributed by atoms with van der Waals surface area (Å²) in [5, 5.41) is 0. The van der Waals surface area contributed by atoms with Crippen molar-refractivity contribution in [2.75, 3.05) is 0 Å². The minimum Gasteiger partial charge on any atom is -0.516 e. The van der Waals surface area contributed by atoms with E-state index in [4.69, 9.17) is 0 Å². The highest BCUT2D eigenvalue weighted by molar-refractivity contribution is 6.11. The molecule has 4 nitrogen and oxygen atoms in total. The van der Waals surface area contributed by atoms with Crippen molar-refractivity contribution >= 4 is 32.9 Å². The Kier molecular flexibility index (Phi) is 4.47. The molecule has 0 aromatic carbocycles. The SMILES string of the molecule is C=C(CC(=O)O[Si])C(=O)O[Si]. The molecule has 0 aromatic heterocycles. The van der Waals surface area contributed by atoms with Gasteiger partial charge in [0.1, 0.15) is 0 Å². The summed E-state index contributed by atoms with van der Waals surface area (Å²) in [6, 6.07) is 0. The Morgan fingerprint density at radius 2 is 1.82 bits per heavy atom. The zero-order valence-corrected chi connectivity index (χ0v) is 7.55. The van der Waals surface area contributed by atoms with Crippen LogP contribution in [0.4, 0.5) is 0 Å². The lowest BCUT2D eigenvalue weighted by molar-refractivity contribution is -0.136. The van der Waals surface area contributed by atoms with Gasteiger partial charge >= 0.3 is 26.9 Å². The zero-order valence-electron chi connectivity index (χ0n) is 5.55. The summed E-state index contributed by atoms with van der Waals surface area (Å²) in [5.41, 5.74) is 0.0169. The van der Waals surface area contributed by atoms with Crippen LogP contribution in [0.1, 0.15) is 6.42 Å². The molecule has 0 saturated heterocycles. The number of carbonyl (C=O) groups excluding carboxylic acids is 2. The van der Waals surface area contributed by atoms with Crippen molar-refractivity contribution in [2.45, 2.75) is 6.42 Å². The first kappa shape index (κ1) is 10.1. The van der Waals surface area contributed by atoms with Gasteiger partial charge in [0.15, 0.2) is 0 Å².